The number of Topliss-reactive ketones (excluding diaryl/α,β-unsaturated/α-hetero) is 1. The molecule has 0 spiro atoms. The Labute approximate surface area is 184 Å². The minimum atomic E-state index is -0.690. The van der Waals surface area contributed by atoms with Crippen LogP contribution in [0.5, 0.6) is 0 Å². The van der Waals surface area contributed by atoms with Crippen molar-refractivity contribution in [1.82, 2.24) is 14.4 Å². The highest BCUT2D eigenvalue weighted by Crippen LogP contribution is 2.34. The molecular formula is C26H33N3O2. The van der Waals surface area contributed by atoms with Gasteiger partial charge >= 0.3 is 0 Å². The predicted molar refractivity (Wildman–Crippen MR) is 127 cm³/mol. The summed E-state index contributed by atoms with van der Waals surface area (Å²) in [4.78, 5) is 18.2. The zero-order valence-electron chi connectivity index (χ0n) is 18.8. The Balaban J connectivity index is 1.62. The Hall–Kier alpha value is -2.47. The third-order valence-corrected chi connectivity index (χ3v) is 6.06. The lowest BCUT2D eigenvalue weighted by Gasteiger charge is -2.37. The summed E-state index contributed by atoms with van der Waals surface area (Å²) in [6, 6.07) is 18.5. The Kier molecular flexibility index (Phi) is 6.28. The van der Waals surface area contributed by atoms with Crippen LogP contribution >= 0.6 is 0 Å². The molecule has 0 aliphatic carbocycles. The first kappa shape index (κ1) is 21.8. The van der Waals surface area contributed by atoms with Crippen molar-refractivity contribution in [2.75, 3.05) is 39.3 Å². The van der Waals surface area contributed by atoms with E-state index < -0.39 is 5.60 Å². The third-order valence-electron chi connectivity index (χ3n) is 6.06. The van der Waals surface area contributed by atoms with E-state index in [9.17, 15) is 9.90 Å². The molecule has 0 unspecified atom stereocenters. The number of benzene rings is 2. The average Bonchev–Trinajstić information content (AvgIpc) is 3.09. The van der Waals surface area contributed by atoms with Gasteiger partial charge < -0.3 is 9.67 Å². The van der Waals surface area contributed by atoms with Crippen molar-refractivity contribution >= 4 is 16.7 Å². The van der Waals surface area contributed by atoms with Crippen molar-refractivity contribution in [2.45, 2.75) is 32.9 Å². The number of β-amino-alcohol motifs (C(OH)–C–C–N with tert-alkyl or cyclic N) is 1. The second-order valence-electron chi connectivity index (χ2n) is 9.14. The van der Waals surface area contributed by atoms with Crippen molar-refractivity contribution in [3.63, 3.8) is 0 Å². The number of piperazine rings is 1. The molecule has 2 heterocycles. The van der Waals surface area contributed by atoms with Crippen LogP contribution in [0.4, 0.5) is 0 Å². The van der Waals surface area contributed by atoms with Crippen LogP contribution in [0.2, 0.25) is 0 Å². The number of hydrogen-bond acceptors (Lipinski definition) is 4. The summed E-state index contributed by atoms with van der Waals surface area (Å²) in [5.74, 6) is 0.179. The molecule has 2 aromatic carbocycles. The molecule has 0 saturated carbocycles. The van der Waals surface area contributed by atoms with E-state index in [1.54, 1.807) is 0 Å². The summed E-state index contributed by atoms with van der Waals surface area (Å²) < 4.78 is 2.26. The lowest BCUT2D eigenvalue weighted by atomic mass is 10.0. The van der Waals surface area contributed by atoms with Crippen LogP contribution < -0.4 is 0 Å². The summed E-state index contributed by atoms with van der Waals surface area (Å²) in [5, 5.41) is 11.1. The van der Waals surface area contributed by atoms with Crippen LogP contribution in [0.15, 0.2) is 54.6 Å². The Morgan fingerprint density at radius 2 is 1.55 bits per heavy atom. The molecule has 1 fully saturated rings. The molecular weight excluding hydrogens is 386 g/mol. The fraction of sp³-hybridized carbons (Fsp3) is 0.423. The average molecular weight is 420 g/mol. The lowest BCUT2D eigenvalue weighted by Crippen LogP contribution is -2.51. The maximum Gasteiger partial charge on any atom is 0.179 e. The van der Waals surface area contributed by atoms with Gasteiger partial charge in [-0.3, -0.25) is 14.6 Å². The smallest absolute Gasteiger partial charge is 0.179 e. The molecule has 0 radical (unpaired) electrons. The van der Waals surface area contributed by atoms with Crippen molar-refractivity contribution in [3.8, 4) is 11.3 Å². The number of carbonyl (C=O) groups excluding carboxylic acids is 1. The highest BCUT2D eigenvalue weighted by molar-refractivity contribution is 6.14. The Bertz CT molecular complexity index is 1040. The number of aliphatic hydroxyl groups is 1. The molecule has 1 aromatic heterocycles. The van der Waals surface area contributed by atoms with E-state index in [4.69, 9.17) is 0 Å². The first-order chi connectivity index (χ1) is 14.9. The first-order valence-corrected chi connectivity index (χ1v) is 11.2. The number of hydrogen-bond donors (Lipinski definition) is 1. The molecule has 0 bridgehead atoms. The van der Waals surface area contributed by atoms with Crippen LogP contribution in [0, 0.1) is 0 Å². The standard InChI is InChI=1S/C26H33N3O2/c1-4-29-22-13-9-8-12-21(22)24(25(29)20-10-6-5-7-11-20)23(30)18-27-14-16-28(17-15-27)19-26(2,3)31/h5-13,31H,4,14-19H2,1-3H3. The number of fused-ring (bicyclic) bond motifs is 1. The summed E-state index contributed by atoms with van der Waals surface area (Å²) in [5.41, 5.74) is 3.36. The molecule has 0 atom stereocenters. The SMILES string of the molecule is CCn1c(-c2ccccc2)c(C(=O)CN2CCN(CC(C)(C)O)CC2)c2ccccc21. The molecule has 0 amide bonds. The van der Waals surface area contributed by atoms with Gasteiger partial charge in [-0.25, -0.2) is 0 Å². The Morgan fingerprint density at radius 3 is 2.19 bits per heavy atom. The molecule has 5 heteroatoms. The van der Waals surface area contributed by atoms with Gasteiger partial charge in [-0.1, -0.05) is 48.5 Å². The monoisotopic (exact) mass is 419 g/mol. The number of rotatable bonds is 7. The fourth-order valence-electron chi connectivity index (χ4n) is 4.75. The summed E-state index contributed by atoms with van der Waals surface area (Å²) in [6.07, 6.45) is 0. The third kappa shape index (κ3) is 4.74. The highest BCUT2D eigenvalue weighted by atomic mass is 16.3. The maximum atomic E-state index is 13.7. The lowest BCUT2D eigenvalue weighted by molar-refractivity contribution is 0.0179. The van der Waals surface area contributed by atoms with E-state index in [2.05, 4.69) is 45.6 Å². The Morgan fingerprint density at radius 1 is 0.935 bits per heavy atom. The van der Waals surface area contributed by atoms with E-state index in [0.29, 0.717) is 13.1 Å². The molecule has 1 aliphatic heterocycles. The van der Waals surface area contributed by atoms with Crippen LogP contribution in [-0.2, 0) is 6.54 Å². The number of aromatic nitrogens is 1. The molecule has 4 rings (SSSR count). The van der Waals surface area contributed by atoms with Gasteiger partial charge in [0, 0.05) is 50.2 Å². The number of nitrogens with zero attached hydrogens (tertiary/aromatic N) is 3. The van der Waals surface area contributed by atoms with Crippen LogP contribution in [0.1, 0.15) is 31.1 Å². The quantitative estimate of drug-likeness (QED) is 0.590. The van der Waals surface area contributed by atoms with Crippen molar-refractivity contribution in [3.05, 3.63) is 60.2 Å². The van der Waals surface area contributed by atoms with E-state index in [1.165, 1.54) is 0 Å². The van der Waals surface area contributed by atoms with Gasteiger partial charge in [0.1, 0.15) is 0 Å². The minimum absolute atomic E-state index is 0.179. The zero-order chi connectivity index (χ0) is 22.0. The molecule has 5 nitrogen and oxygen atoms in total. The number of para-hydroxylation sites is 1. The molecule has 164 valence electrons. The second kappa shape index (κ2) is 8.95. The minimum Gasteiger partial charge on any atom is -0.389 e. The number of carbonyl (C=O) groups is 1. The second-order valence-corrected chi connectivity index (χ2v) is 9.14. The fourth-order valence-corrected chi connectivity index (χ4v) is 4.75. The van der Waals surface area contributed by atoms with Crippen LogP contribution in [0.25, 0.3) is 22.2 Å². The summed E-state index contributed by atoms with van der Waals surface area (Å²) in [7, 11) is 0. The van der Waals surface area contributed by atoms with Crippen LogP contribution in [0.3, 0.4) is 0 Å². The molecule has 3 aromatic rings. The van der Waals surface area contributed by atoms with Gasteiger partial charge in [0.15, 0.2) is 5.78 Å². The zero-order valence-corrected chi connectivity index (χ0v) is 18.8. The largest absolute Gasteiger partial charge is 0.389 e. The van der Waals surface area contributed by atoms with Crippen molar-refractivity contribution in [1.29, 1.82) is 0 Å². The number of aryl methyl sites for hydroxylation is 1. The number of ketones is 1. The van der Waals surface area contributed by atoms with Crippen LogP contribution in [-0.4, -0.2) is 70.1 Å². The topological polar surface area (TPSA) is 48.7 Å². The normalized spacial score (nSPS) is 16.1. The van der Waals surface area contributed by atoms with E-state index in [-0.39, 0.29) is 5.78 Å². The maximum absolute atomic E-state index is 13.7. The van der Waals surface area contributed by atoms with Gasteiger partial charge in [0.05, 0.1) is 23.4 Å². The molecule has 1 saturated heterocycles. The highest BCUT2D eigenvalue weighted by Gasteiger charge is 2.27. The predicted octanol–water partition coefficient (Wildman–Crippen LogP) is 3.90. The summed E-state index contributed by atoms with van der Waals surface area (Å²) in [6.45, 7) is 11.2. The van der Waals surface area contributed by atoms with E-state index >= 15 is 0 Å². The molecule has 31 heavy (non-hydrogen) atoms. The van der Waals surface area contributed by atoms with Gasteiger partial charge in [0.25, 0.3) is 0 Å². The first-order valence-electron chi connectivity index (χ1n) is 11.2. The van der Waals surface area contributed by atoms with Crippen molar-refractivity contribution in [2.24, 2.45) is 0 Å². The van der Waals surface area contributed by atoms with E-state index in [1.807, 2.05) is 44.2 Å². The van der Waals surface area contributed by atoms with Crippen molar-refractivity contribution < 1.29 is 9.90 Å². The van der Waals surface area contributed by atoms with Gasteiger partial charge in [-0.2, -0.15) is 0 Å². The van der Waals surface area contributed by atoms with Gasteiger partial charge in [-0.05, 0) is 32.4 Å². The molecule has 1 N–H and O–H groups in total. The summed E-state index contributed by atoms with van der Waals surface area (Å²) >= 11 is 0. The molecule has 1 aliphatic rings. The van der Waals surface area contributed by atoms with E-state index in [0.717, 1.165) is 60.4 Å². The van der Waals surface area contributed by atoms with Gasteiger partial charge in [-0.15, -0.1) is 0 Å². The van der Waals surface area contributed by atoms with Gasteiger partial charge in [0.2, 0.25) is 0 Å².